The van der Waals surface area contributed by atoms with Gasteiger partial charge in [-0.15, -0.1) is 12.3 Å². The monoisotopic (exact) mass is 572 g/mol. The standard InChI is InChI=1S/C16H25B2O15P3/c1-2-3-4-5-6-26-34(20,21)33-14-13-10(30-16(14)18)8-28-35(22,23)31-12-9(29-15(17)11(12)19)7-27-36(24,25)32-13/h1,9-16,19H,3-8H2,(H,20,21)(H,22,23)(H,24,25)/t9-,10-,11+,12?,13?,14+,15-,16-/m1/s1. The van der Waals surface area contributed by atoms with E-state index in [2.05, 4.69) is 5.92 Å². The fourth-order valence-corrected chi connectivity index (χ4v) is 6.46. The van der Waals surface area contributed by atoms with E-state index in [0.29, 0.717) is 19.3 Å². The van der Waals surface area contributed by atoms with E-state index in [0.717, 1.165) is 0 Å². The maximum atomic E-state index is 12.6. The predicted octanol–water partition coefficient (Wildman–Crippen LogP) is -0.542. The number of terminal acetylenes is 1. The zero-order valence-corrected chi connectivity index (χ0v) is 21.4. The molecule has 4 N–H and O–H groups in total. The van der Waals surface area contributed by atoms with Gasteiger partial charge in [0, 0.05) is 18.4 Å². The van der Waals surface area contributed by atoms with Crippen LogP contribution in [0.25, 0.3) is 0 Å². The molecule has 0 amide bonds. The third kappa shape index (κ3) is 8.20. The van der Waals surface area contributed by atoms with E-state index in [9.17, 15) is 33.5 Å². The fraction of sp³-hybridized carbons (Fsp3) is 0.875. The molecule has 3 aliphatic heterocycles. The summed E-state index contributed by atoms with van der Waals surface area (Å²) in [6.45, 7) is -1.80. The van der Waals surface area contributed by atoms with Crippen LogP contribution in [0.5, 0.6) is 0 Å². The Morgan fingerprint density at radius 2 is 1.56 bits per heavy atom. The maximum absolute atomic E-state index is 12.6. The molecule has 0 bridgehead atoms. The summed E-state index contributed by atoms with van der Waals surface area (Å²) >= 11 is 0. The number of unbranched alkanes of at least 4 members (excludes halogenated alkanes) is 2. The minimum Gasteiger partial charge on any atom is -0.388 e. The molecule has 20 heteroatoms. The van der Waals surface area contributed by atoms with Gasteiger partial charge in [0.05, 0.1) is 19.8 Å². The van der Waals surface area contributed by atoms with Gasteiger partial charge in [-0.25, -0.2) is 13.7 Å². The zero-order chi connectivity index (χ0) is 26.7. The highest BCUT2D eigenvalue weighted by Crippen LogP contribution is 2.54. The van der Waals surface area contributed by atoms with Gasteiger partial charge in [-0.2, -0.15) is 0 Å². The zero-order valence-electron chi connectivity index (χ0n) is 18.7. The molecule has 3 aliphatic rings. The summed E-state index contributed by atoms with van der Waals surface area (Å²) in [5, 5.41) is 10.1. The van der Waals surface area contributed by atoms with Crippen LogP contribution in [0.15, 0.2) is 0 Å². The number of hydrogen-bond donors (Lipinski definition) is 4. The first-order chi connectivity index (χ1) is 16.7. The molecule has 0 spiro atoms. The molecule has 3 saturated heterocycles. The van der Waals surface area contributed by atoms with E-state index in [1.54, 1.807) is 0 Å². The molecule has 0 saturated carbocycles. The summed E-state index contributed by atoms with van der Waals surface area (Å²) in [6.07, 6.45) is -2.97. The SMILES string of the molecule is [B][C@@H]1O[C@@H]2COP(=O)(O)OC3[C@@H](COP(=O)(O)OC2[C@@H]1O)O[C@@H]([B])[C@H]3OP(=O)(O)OCCCCC#C. The summed E-state index contributed by atoms with van der Waals surface area (Å²) in [6, 6.07) is -2.89. The first-order valence-corrected chi connectivity index (χ1v) is 15.1. The molecule has 0 aromatic carbocycles. The average molecular weight is 572 g/mol. The van der Waals surface area contributed by atoms with Crippen molar-refractivity contribution in [2.24, 2.45) is 0 Å². The van der Waals surface area contributed by atoms with Crippen molar-refractivity contribution in [3.8, 4) is 12.3 Å². The highest BCUT2D eigenvalue weighted by molar-refractivity contribution is 7.48. The molecule has 0 aromatic rings. The Kier molecular flexibility index (Phi) is 10.5. The molecule has 3 rings (SSSR count). The molecule has 11 atom stereocenters. The van der Waals surface area contributed by atoms with Crippen molar-refractivity contribution in [2.45, 2.75) is 67.9 Å². The van der Waals surface area contributed by atoms with Crippen molar-refractivity contribution >= 4 is 39.2 Å². The average Bonchev–Trinajstić information content (AvgIpc) is 3.20. The first kappa shape index (κ1) is 30.4. The Bertz CT molecular complexity index is 948. The van der Waals surface area contributed by atoms with Crippen LogP contribution in [0, 0.1) is 12.3 Å². The van der Waals surface area contributed by atoms with Crippen molar-refractivity contribution in [1.29, 1.82) is 0 Å². The number of rotatable bonds is 7. The van der Waals surface area contributed by atoms with E-state index < -0.39 is 85.3 Å². The second kappa shape index (κ2) is 12.4. The topological polar surface area (TPSA) is 206 Å². The summed E-state index contributed by atoms with van der Waals surface area (Å²) in [5.41, 5.74) is 0. The van der Waals surface area contributed by atoms with E-state index in [-0.39, 0.29) is 6.61 Å². The Labute approximate surface area is 209 Å². The molecule has 3 heterocycles. The number of phosphoric ester groups is 3. The van der Waals surface area contributed by atoms with Crippen LogP contribution in [0.1, 0.15) is 19.3 Å². The van der Waals surface area contributed by atoms with Gasteiger partial charge in [-0.1, -0.05) is 0 Å². The molecule has 0 aliphatic carbocycles. The van der Waals surface area contributed by atoms with Crippen LogP contribution >= 0.6 is 23.5 Å². The maximum Gasteiger partial charge on any atom is 0.472 e. The summed E-state index contributed by atoms with van der Waals surface area (Å²) in [4.78, 5) is 30.4. The number of aliphatic hydroxyl groups is 1. The predicted molar refractivity (Wildman–Crippen MR) is 119 cm³/mol. The molecular weight excluding hydrogens is 547 g/mol. The van der Waals surface area contributed by atoms with Crippen molar-refractivity contribution in [3.63, 3.8) is 0 Å². The Balaban J connectivity index is 1.76. The number of ether oxygens (including phenoxy) is 2. The Hall–Kier alpha value is -0.100. The first-order valence-electron chi connectivity index (χ1n) is 10.6. The molecular formula is C16H25B2O15P3. The van der Waals surface area contributed by atoms with Crippen LogP contribution < -0.4 is 0 Å². The third-order valence-electron chi connectivity index (χ3n) is 5.26. The quantitative estimate of drug-likeness (QED) is 0.131. The second-order valence-corrected chi connectivity index (χ2v) is 12.2. The third-order valence-corrected chi connectivity index (χ3v) is 8.25. The van der Waals surface area contributed by atoms with Crippen molar-refractivity contribution in [1.82, 2.24) is 0 Å². The normalized spacial score (nSPS) is 45.4. The summed E-state index contributed by atoms with van der Waals surface area (Å²) < 4.78 is 77.7. The van der Waals surface area contributed by atoms with E-state index in [1.807, 2.05) is 0 Å². The highest BCUT2D eigenvalue weighted by Gasteiger charge is 2.53. The van der Waals surface area contributed by atoms with Crippen LogP contribution in [0.2, 0.25) is 0 Å². The van der Waals surface area contributed by atoms with Crippen molar-refractivity contribution in [2.75, 3.05) is 19.8 Å². The van der Waals surface area contributed by atoms with Gasteiger partial charge >= 0.3 is 23.5 Å². The van der Waals surface area contributed by atoms with Crippen LogP contribution in [-0.4, -0.2) is 104 Å². The van der Waals surface area contributed by atoms with E-state index in [4.69, 9.17) is 58.7 Å². The second-order valence-electron chi connectivity index (χ2n) is 7.97. The number of aliphatic hydroxyl groups excluding tert-OH is 1. The van der Waals surface area contributed by atoms with Gasteiger partial charge in [-0.3, -0.25) is 27.1 Å². The molecule has 4 radical (unpaired) electrons. The van der Waals surface area contributed by atoms with Crippen LogP contribution in [0.4, 0.5) is 0 Å². The Morgan fingerprint density at radius 3 is 2.17 bits per heavy atom. The largest absolute Gasteiger partial charge is 0.472 e. The van der Waals surface area contributed by atoms with Crippen LogP contribution in [-0.2, 0) is 50.3 Å². The van der Waals surface area contributed by atoms with Gasteiger partial charge in [-0.05, 0) is 12.8 Å². The van der Waals surface area contributed by atoms with Gasteiger partial charge in [0.15, 0.2) is 0 Å². The lowest BCUT2D eigenvalue weighted by atomic mass is 9.93. The van der Waals surface area contributed by atoms with E-state index in [1.165, 1.54) is 0 Å². The lowest BCUT2D eigenvalue weighted by Gasteiger charge is -2.29. The smallest absolute Gasteiger partial charge is 0.388 e. The van der Waals surface area contributed by atoms with Gasteiger partial charge in [0.25, 0.3) is 0 Å². The number of fused-ring (bicyclic) bond motifs is 2. The summed E-state index contributed by atoms with van der Waals surface area (Å²) in [5.74, 6) is 2.41. The molecule has 36 heavy (non-hydrogen) atoms. The lowest BCUT2D eigenvalue weighted by molar-refractivity contribution is -0.0491. The minimum atomic E-state index is -4.98. The molecule has 5 unspecified atom stereocenters. The lowest BCUT2D eigenvalue weighted by Crippen LogP contribution is -2.40. The molecule has 3 fully saturated rings. The summed E-state index contributed by atoms with van der Waals surface area (Å²) in [7, 11) is -3.30. The fourth-order valence-electron chi connectivity index (χ4n) is 3.57. The van der Waals surface area contributed by atoms with Crippen molar-refractivity contribution in [3.05, 3.63) is 0 Å². The highest BCUT2D eigenvalue weighted by atomic mass is 31.2. The van der Waals surface area contributed by atoms with E-state index >= 15 is 0 Å². The minimum absolute atomic E-state index is 0.195. The van der Waals surface area contributed by atoms with Crippen LogP contribution in [0.3, 0.4) is 0 Å². The molecule has 15 nitrogen and oxygen atoms in total. The molecule has 200 valence electrons. The van der Waals surface area contributed by atoms with Gasteiger partial charge in [0.1, 0.15) is 52.3 Å². The van der Waals surface area contributed by atoms with Crippen molar-refractivity contribution < 1.29 is 70.1 Å². The van der Waals surface area contributed by atoms with Gasteiger partial charge < -0.3 is 29.3 Å². The Morgan fingerprint density at radius 1 is 1.00 bits per heavy atom. The number of hydrogen-bond acceptors (Lipinski definition) is 12. The van der Waals surface area contributed by atoms with Gasteiger partial charge in [0.2, 0.25) is 0 Å². The molecule has 0 aromatic heterocycles. The number of phosphoric acid groups is 3.